The van der Waals surface area contributed by atoms with Crippen LogP contribution in [0.25, 0.3) is 10.9 Å². The Balaban J connectivity index is 1.27. The average molecular weight is 489 g/mol. The zero-order valence-corrected chi connectivity index (χ0v) is 18.8. The molecule has 1 aliphatic heterocycles. The zero-order chi connectivity index (χ0) is 22.1. The largest absolute Gasteiger partial charge is 0.493 e. The molecule has 2 N–H and O–H groups in total. The second-order valence-corrected chi connectivity index (χ2v) is 8.86. The van der Waals surface area contributed by atoms with Gasteiger partial charge >= 0.3 is 0 Å². The summed E-state index contributed by atoms with van der Waals surface area (Å²) in [5.74, 6) is -0.569. The number of hydrogen-bond donors (Lipinski definition) is 2. The van der Waals surface area contributed by atoms with E-state index in [1.807, 2.05) is 30.3 Å². The van der Waals surface area contributed by atoms with Gasteiger partial charge in [-0.15, -0.1) is 10.2 Å². The highest BCUT2D eigenvalue weighted by molar-refractivity contribution is 9.10. The Hall–Kier alpha value is -3.29. The number of amides is 1. The molecule has 1 aromatic heterocycles. The molecule has 160 valence electrons. The van der Waals surface area contributed by atoms with Crippen LogP contribution in [-0.4, -0.2) is 27.4 Å². The maximum absolute atomic E-state index is 12.5. The van der Waals surface area contributed by atoms with Crippen molar-refractivity contribution in [3.8, 4) is 5.88 Å². The predicted octanol–water partition coefficient (Wildman–Crippen LogP) is 6.12. The zero-order valence-electron chi connectivity index (χ0n) is 17.3. The molecule has 1 amide bonds. The van der Waals surface area contributed by atoms with E-state index in [4.69, 9.17) is 0 Å². The molecule has 1 aliphatic rings. The lowest BCUT2D eigenvalue weighted by Crippen LogP contribution is -2.29. The monoisotopic (exact) mass is 488 g/mol. The van der Waals surface area contributed by atoms with E-state index < -0.39 is 5.91 Å². The number of hydrogen-bond acceptors (Lipinski definition) is 4. The van der Waals surface area contributed by atoms with Crippen molar-refractivity contribution in [1.82, 2.24) is 9.88 Å². The number of fused-ring (bicyclic) bond motifs is 2. The van der Waals surface area contributed by atoms with Crippen molar-refractivity contribution in [2.24, 2.45) is 10.2 Å². The van der Waals surface area contributed by atoms with Gasteiger partial charge in [0.2, 0.25) is 5.88 Å². The highest BCUT2D eigenvalue weighted by Gasteiger charge is 2.16. The summed E-state index contributed by atoms with van der Waals surface area (Å²) in [6, 6.07) is 21.6. The number of H-pyrrole nitrogens is 1. The Morgan fingerprint density at radius 1 is 1.06 bits per heavy atom. The first-order chi connectivity index (χ1) is 15.6. The first kappa shape index (κ1) is 20.6. The number of nitrogens with one attached hydrogen (secondary N) is 1. The lowest BCUT2D eigenvalue weighted by molar-refractivity contribution is 0.0995. The van der Waals surface area contributed by atoms with Gasteiger partial charge in [-0.05, 0) is 53.4 Å². The van der Waals surface area contributed by atoms with Crippen LogP contribution in [-0.2, 0) is 19.5 Å². The van der Waals surface area contributed by atoms with Crippen LogP contribution in [0.15, 0.2) is 81.4 Å². The molecule has 0 saturated carbocycles. The van der Waals surface area contributed by atoms with Crippen molar-refractivity contribution in [3.05, 3.63) is 93.5 Å². The third kappa shape index (κ3) is 4.22. The van der Waals surface area contributed by atoms with Crippen LogP contribution in [0.4, 0.5) is 5.69 Å². The van der Waals surface area contributed by atoms with Crippen LogP contribution in [0.3, 0.4) is 0 Å². The summed E-state index contributed by atoms with van der Waals surface area (Å²) in [6.07, 6.45) is 1.06. The smallest absolute Gasteiger partial charge is 0.295 e. The fraction of sp³-hybridized carbons (Fsp3) is 0.160. The number of aromatic amines is 1. The number of aromatic hydroxyl groups is 1. The van der Waals surface area contributed by atoms with E-state index in [1.165, 1.54) is 11.1 Å². The normalized spacial score (nSPS) is 14.2. The van der Waals surface area contributed by atoms with Crippen molar-refractivity contribution in [2.45, 2.75) is 19.5 Å². The summed E-state index contributed by atoms with van der Waals surface area (Å²) >= 11 is 3.40. The Morgan fingerprint density at radius 3 is 2.66 bits per heavy atom. The number of nitrogens with zero attached hydrogens (tertiary/aromatic N) is 3. The lowest BCUT2D eigenvalue weighted by Gasteiger charge is -2.28. The molecular weight excluding hydrogens is 468 g/mol. The molecule has 0 saturated heterocycles. The number of carbonyl (C=O) groups excluding carboxylic acids is 1. The minimum Gasteiger partial charge on any atom is -0.493 e. The van der Waals surface area contributed by atoms with Gasteiger partial charge in [0.15, 0.2) is 5.69 Å². The van der Waals surface area contributed by atoms with Gasteiger partial charge in [-0.2, -0.15) is 0 Å². The Morgan fingerprint density at radius 2 is 1.84 bits per heavy atom. The summed E-state index contributed by atoms with van der Waals surface area (Å²) in [7, 11) is 0. The molecule has 0 unspecified atom stereocenters. The molecule has 3 aromatic carbocycles. The highest BCUT2D eigenvalue weighted by atomic mass is 79.9. The molecule has 7 heteroatoms. The van der Waals surface area contributed by atoms with Crippen LogP contribution >= 0.6 is 15.9 Å². The molecule has 0 bridgehead atoms. The number of azo groups is 1. The molecule has 0 spiro atoms. The quantitative estimate of drug-likeness (QED) is 0.339. The van der Waals surface area contributed by atoms with Gasteiger partial charge in [0, 0.05) is 35.1 Å². The minimum atomic E-state index is -0.452. The molecule has 0 radical (unpaired) electrons. The van der Waals surface area contributed by atoms with E-state index in [1.54, 1.807) is 12.1 Å². The molecule has 0 fully saturated rings. The van der Waals surface area contributed by atoms with E-state index in [0.29, 0.717) is 10.9 Å². The fourth-order valence-corrected chi connectivity index (χ4v) is 4.45. The van der Waals surface area contributed by atoms with Crippen LogP contribution in [0, 0.1) is 0 Å². The van der Waals surface area contributed by atoms with Gasteiger partial charge in [0.25, 0.3) is 5.91 Å². The number of halogens is 1. The summed E-state index contributed by atoms with van der Waals surface area (Å²) in [4.78, 5) is 17.8. The molecule has 4 aromatic rings. The Labute approximate surface area is 193 Å². The van der Waals surface area contributed by atoms with Crippen molar-refractivity contribution in [1.29, 1.82) is 0 Å². The molecule has 0 aliphatic carbocycles. The summed E-state index contributed by atoms with van der Waals surface area (Å²) in [6.45, 7) is 2.80. The molecule has 5 rings (SSSR count). The van der Waals surface area contributed by atoms with Crippen molar-refractivity contribution >= 4 is 38.4 Å². The highest BCUT2D eigenvalue weighted by Crippen LogP contribution is 2.36. The number of carbonyl (C=O) groups is 1. The van der Waals surface area contributed by atoms with Crippen LogP contribution in [0.1, 0.15) is 27.0 Å². The first-order valence-corrected chi connectivity index (χ1v) is 11.2. The van der Waals surface area contributed by atoms with Gasteiger partial charge < -0.3 is 10.1 Å². The van der Waals surface area contributed by atoms with Gasteiger partial charge in [-0.25, -0.2) is 0 Å². The lowest BCUT2D eigenvalue weighted by atomic mass is 9.99. The fourth-order valence-electron chi connectivity index (χ4n) is 4.09. The average Bonchev–Trinajstić information content (AvgIpc) is 3.12. The van der Waals surface area contributed by atoms with Crippen molar-refractivity contribution in [3.63, 3.8) is 0 Å². The van der Waals surface area contributed by atoms with Gasteiger partial charge in [0.05, 0.1) is 5.52 Å². The third-order valence-corrected chi connectivity index (χ3v) is 6.26. The minimum absolute atomic E-state index is 0.117. The summed E-state index contributed by atoms with van der Waals surface area (Å²) in [5, 5.41) is 18.7. The Kier molecular flexibility index (Phi) is 5.59. The van der Waals surface area contributed by atoms with Crippen molar-refractivity contribution in [2.75, 3.05) is 6.54 Å². The van der Waals surface area contributed by atoms with E-state index >= 15 is 0 Å². The molecule has 0 atom stereocenters. The molecule has 2 heterocycles. The van der Waals surface area contributed by atoms with Crippen LogP contribution in [0.2, 0.25) is 0 Å². The number of aromatic nitrogens is 1. The van der Waals surface area contributed by atoms with Crippen LogP contribution < -0.4 is 0 Å². The number of rotatable bonds is 4. The second kappa shape index (κ2) is 8.68. The second-order valence-electron chi connectivity index (χ2n) is 7.94. The summed E-state index contributed by atoms with van der Waals surface area (Å²) in [5.41, 5.74) is 5.40. The standard InChI is InChI=1S/C25H21BrN4O2/c26-20-9-10-22-21(13-20)23(25(32)27-22)28-29-24(31)18-7-5-16(6-8-18)14-30-12-11-17-3-1-2-4-19(17)15-30/h1-10,13,27,32H,11-12,14-15H2. The van der Waals surface area contributed by atoms with E-state index in [2.05, 4.69) is 60.3 Å². The van der Waals surface area contributed by atoms with E-state index in [9.17, 15) is 9.90 Å². The Bertz CT molecular complexity index is 1330. The molecule has 6 nitrogen and oxygen atoms in total. The maximum Gasteiger partial charge on any atom is 0.295 e. The summed E-state index contributed by atoms with van der Waals surface area (Å²) < 4.78 is 0.847. The topological polar surface area (TPSA) is 81.0 Å². The third-order valence-electron chi connectivity index (χ3n) is 5.77. The maximum atomic E-state index is 12.5. The first-order valence-electron chi connectivity index (χ1n) is 10.4. The van der Waals surface area contributed by atoms with Gasteiger partial charge in [-0.3, -0.25) is 9.69 Å². The SMILES string of the molecule is O=C(N=Nc1c(O)[nH]c2ccc(Br)cc12)c1ccc(CN2CCc3ccccc3C2)cc1. The molecule has 32 heavy (non-hydrogen) atoms. The van der Waals surface area contributed by atoms with Gasteiger partial charge in [-0.1, -0.05) is 52.3 Å². The van der Waals surface area contributed by atoms with Crippen LogP contribution in [0.5, 0.6) is 5.88 Å². The number of benzene rings is 3. The van der Waals surface area contributed by atoms with Crippen molar-refractivity contribution < 1.29 is 9.90 Å². The molecular formula is C25H21BrN4O2. The predicted molar refractivity (Wildman–Crippen MR) is 127 cm³/mol. The van der Waals surface area contributed by atoms with E-state index in [-0.39, 0.29) is 11.6 Å². The van der Waals surface area contributed by atoms with Gasteiger partial charge in [0.1, 0.15) is 0 Å². The van der Waals surface area contributed by atoms with E-state index in [0.717, 1.165) is 41.6 Å².